The number of nitrogens with zero attached hydrogens (tertiary/aromatic N) is 1. The van der Waals surface area contributed by atoms with E-state index in [0.717, 1.165) is 16.7 Å². The van der Waals surface area contributed by atoms with Crippen LogP contribution in [-0.2, 0) is 22.7 Å². The van der Waals surface area contributed by atoms with Crippen molar-refractivity contribution in [3.05, 3.63) is 124 Å². The van der Waals surface area contributed by atoms with E-state index in [-0.39, 0.29) is 17.9 Å². The van der Waals surface area contributed by atoms with E-state index in [2.05, 4.69) is 0 Å². The molecule has 3 aromatic carbocycles. The summed E-state index contributed by atoms with van der Waals surface area (Å²) in [4.78, 5) is 28.2. The fourth-order valence-corrected chi connectivity index (χ4v) is 4.80. The van der Waals surface area contributed by atoms with Gasteiger partial charge in [0.2, 0.25) is 0 Å². The van der Waals surface area contributed by atoms with Crippen LogP contribution in [0.1, 0.15) is 39.6 Å². The van der Waals surface area contributed by atoms with Crippen molar-refractivity contribution < 1.29 is 28.6 Å². The van der Waals surface area contributed by atoms with Crippen LogP contribution in [0, 0.1) is 13.8 Å². The van der Waals surface area contributed by atoms with Gasteiger partial charge in [0, 0.05) is 5.56 Å². The van der Waals surface area contributed by atoms with Gasteiger partial charge in [0.15, 0.2) is 11.5 Å². The second-order valence-electron chi connectivity index (χ2n) is 9.51. The predicted molar refractivity (Wildman–Crippen MR) is 146 cm³/mol. The SMILES string of the molecule is COc1cc(C2C(=C(O)c3cc(C)ccc3C)C(=O)C(=O)N2Cc2ccco2)ccc1OCc1ccccc1. The van der Waals surface area contributed by atoms with Crippen molar-refractivity contribution in [2.24, 2.45) is 0 Å². The van der Waals surface area contributed by atoms with Crippen LogP contribution in [0.15, 0.2) is 95.1 Å². The number of aryl methyl sites for hydroxylation is 2. The molecule has 0 radical (unpaired) electrons. The zero-order valence-corrected chi connectivity index (χ0v) is 22.0. The molecule has 1 unspecified atom stereocenters. The molecule has 7 nitrogen and oxygen atoms in total. The molecule has 1 aliphatic rings. The summed E-state index contributed by atoms with van der Waals surface area (Å²) in [5.41, 5.74) is 3.83. The highest BCUT2D eigenvalue weighted by Gasteiger charge is 2.46. The van der Waals surface area contributed by atoms with Crippen molar-refractivity contribution in [3.8, 4) is 11.5 Å². The van der Waals surface area contributed by atoms with Crippen molar-refractivity contribution in [2.75, 3.05) is 7.11 Å². The number of ether oxygens (including phenoxy) is 2. The number of rotatable bonds is 8. The lowest BCUT2D eigenvalue weighted by molar-refractivity contribution is -0.140. The lowest BCUT2D eigenvalue weighted by Crippen LogP contribution is -2.29. The van der Waals surface area contributed by atoms with Gasteiger partial charge in [0.05, 0.1) is 31.5 Å². The molecule has 198 valence electrons. The summed E-state index contributed by atoms with van der Waals surface area (Å²) in [7, 11) is 1.53. The summed E-state index contributed by atoms with van der Waals surface area (Å²) in [6, 6.07) is 23.2. The van der Waals surface area contributed by atoms with Crippen LogP contribution in [0.25, 0.3) is 5.76 Å². The van der Waals surface area contributed by atoms with Gasteiger partial charge in [-0.1, -0.05) is 54.1 Å². The summed E-state index contributed by atoms with van der Waals surface area (Å²) in [5.74, 6) is -0.213. The highest BCUT2D eigenvalue weighted by atomic mass is 16.5. The van der Waals surface area contributed by atoms with Crippen LogP contribution in [0.4, 0.5) is 0 Å². The lowest BCUT2D eigenvalue weighted by Gasteiger charge is -2.25. The number of aliphatic hydroxyl groups excluding tert-OH is 1. The maximum Gasteiger partial charge on any atom is 0.296 e. The largest absolute Gasteiger partial charge is 0.507 e. The van der Waals surface area contributed by atoms with Crippen molar-refractivity contribution in [2.45, 2.75) is 33.0 Å². The highest BCUT2D eigenvalue weighted by molar-refractivity contribution is 6.46. The number of carbonyl (C=O) groups is 2. The Balaban J connectivity index is 1.59. The first kappa shape index (κ1) is 25.9. The zero-order valence-electron chi connectivity index (χ0n) is 22.0. The van der Waals surface area contributed by atoms with E-state index in [1.54, 1.807) is 30.3 Å². The number of carbonyl (C=O) groups excluding carboxylic acids is 2. The monoisotopic (exact) mass is 523 g/mol. The topological polar surface area (TPSA) is 89.2 Å². The minimum absolute atomic E-state index is 0.0141. The molecule has 1 aliphatic heterocycles. The molecule has 1 N–H and O–H groups in total. The van der Waals surface area contributed by atoms with E-state index in [1.807, 2.05) is 62.4 Å². The van der Waals surface area contributed by atoms with Gasteiger partial charge in [0.25, 0.3) is 11.7 Å². The zero-order chi connectivity index (χ0) is 27.5. The predicted octanol–water partition coefficient (Wildman–Crippen LogP) is 6.11. The van der Waals surface area contributed by atoms with E-state index >= 15 is 0 Å². The van der Waals surface area contributed by atoms with Gasteiger partial charge in [0.1, 0.15) is 18.1 Å². The van der Waals surface area contributed by atoms with Gasteiger partial charge in [-0.15, -0.1) is 0 Å². The summed E-state index contributed by atoms with van der Waals surface area (Å²) < 4.78 is 17.1. The quantitative estimate of drug-likeness (QED) is 0.170. The number of hydrogen-bond donors (Lipinski definition) is 1. The van der Waals surface area contributed by atoms with E-state index in [4.69, 9.17) is 13.9 Å². The van der Waals surface area contributed by atoms with Gasteiger partial charge in [-0.2, -0.15) is 0 Å². The molecule has 0 bridgehead atoms. The standard InChI is InChI=1S/C32H29NO6/c1-20-11-12-21(2)25(16-20)30(34)28-29(33(32(36)31(28)35)18-24-10-7-15-38-24)23-13-14-26(27(17-23)37-3)39-19-22-8-5-4-6-9-22/h4-17,29,34H,18-19H2,1-3H3. The molecule has 0 aliphatic carbocycles. The third kappa shape index (κ3) is 5.16. The molecule has 7 heteroatoms. The highest BCUT2D eigenvalue weighted by Crippen LogP contribution is 2.43. The number of hydrogen-bond acceptors (Lipinski definition) is 6. The molecule has 1 fully saturated rings. The smallest absolute Gasteiger partial charge is 0.296 e. The maximum atomic E-state index is 13.4. The first-order valence-corrected chi connectivity index (χ1v) is 12.6. The van der Waals surface area contributed by atoms with Crippen molar-refractivity contribution in [1.82, 2.24) is 4.90 Å². The van der Waals surface area contributed by atoms with Gasteiger partial charge in [-0.25, -0.2) is 0 Å². The van der Waals surface area contributed by atoms with Gasteiger partial charge in [-0.3, -0.25) is 9.59 Å². The summed E-state index contributed by atoms with van der Waals surface area (Å²) in [5, 5.41) is 11.5. The number of ketones is 1. The first-order chi connectivity index (χ1) is 18.9. The molecule has 1 saturated heterocycles. The number of aliphatic hydroxyl groups is 1. The fraction of sp³-hybridized carbons (Fsp3) is 0.188. The average molecular weight is 524 g/mol. The van der Waals surface area contributed by atoms with Crippen molar-refractivity contribution >= 4 is 17.4 Å². The molecule has 2 heterocycles. The third-order valence-electron chi connectivity index (χ3n) is 6.84. The second-order valence-corrected chi connectivity index (χ2v) is 9.51. The summed E-state index contributed by atoms with van der Waals surface area (Å²) in [6.07, 6.45) is 1.51. The van der Waals surface area contributed by atoms with Crippen LogP contribution in [0.2, 0.25) is 0 Å². The molecule has 39 heavy (non-hydrogen) atoms. The molecule has 1 atom stereocenters. The molecular formula is C32H29NO6. The van der Waals surface area contributed by atoms with E-state index in [0.29, 0.717) is 35.0 Å². The number of furan rings is 1. The van der Waals surface area contributed by atoms with Crippen LogP contribution < -0.4 is 9.47 Å². The molecule has 1 aromatic heterocycles. The Morgan fingerprint density at radius 3 is 2.46 bits per heavy atom. The Labute approximate surface area is 226 Å². The van der Waals surface area contributed by atoms with E-state index in [1.165, 1.54) is 18.3 Å². The van der Waals surface area contributed by atoms with Crippen LogP contribution in [-0.4, -0.2) is 28.8 Å². The minimum Gasteiger partial charge on any atom is -0.507 e. The Morgan fingerprint density at radius 2 is 1.74 bits per heavy atom. The van der Waals surface area contributed by atoms with Crippen molar-refractivity contribution in [1.29, 1.82) is 0 Å². The van der Waals surface area contributed by atoms with Crippen LogP contribution in [0.3, 0.4) is 0 Å². The molecule has 0 spiro atoms. The van der Waals surface area contributed by atoms with Gasteiger partial charge >= 0.3 is 0 Å². The number of Topliss-reactive ketones (excluding diaryl/α,β-unsaturated/α-hetero) is 1. The molecular weight excluding hydrogens is 494 g/mol. The average Bonchev–Trinajstić information content (AvgIpc) is 3.55. The number of methoxy groups -OCH3 is 1. The molecule has 5 rings (SSSR count). The first-order valence-electron chi connectivity index (χ1n) is 12.6. The molecule has 0 saturated carbocycles. The second kappa shape index (κ2) is 10.9. The van der Waals surface area contributed by atoms with Gasteiger partial charge in [-0.05, 0) is 60.9 Å². The number of amides is 1. The Morgan fingerprint density at radius 1 is 0.949 bits per heavy atom. The Bertz CT molecular complexity index is 1540. The van der Waals surface area contributed by atoms with Crippen LogP contribution >= 0.6 is 0 Å². The van der Waals surface area contributed by atoms with Crippen molar-refractivity contribution in [3.63, 3.8) is 0 Å². The number of likely N-dealkylation sites (tertiary alicyclic amines) is 1. The maximum absolute atomic E-state index is 13.4. The van der Waals surface area contributed by atoms with Crippen LogP contribution in [0.5, 0.6) is 11.5 Å². The molecule has 4 aromatic rings. The minimum atomic E-state index is -0.868. The van der Waals surface area contributed by atoms with Gasteiger partial charge < -0.3 is 23.9 Å². The molecule has 1 amide bonds. The Kier molecular flexibility index (Phi) is 7.23. The Hall–Kier alpha value is -4.78. The number of benzene rings is 3. The third-order valence-corrected chi connectivity index (χ3v) is 6.84. The summed E-state index contributed by atoms with van der Waals surface area (Å²) in [6.45, 7) is 4.16. The van der Waals surface area contributed by atoms with E-state index in [9.17, 15) is 14.7 Å². The normalized spacial score (nSPS) is 16.5. The summed E-state index contributed by atoms with van der Waals surface area (Å²) >= 11 is 0. The van der Waals surface area contributed by atoms with E-state index < -0.39 is 17.7 Å². The lowest BCUT2D eigenvalue weighted by atomic mass is 9.93. The fourth-order valence-electron chi connectivity index (χ4n) is 4.80.